The molecule has 4 heteroatoms. The summed E-state index contributed by atoms with van der Waals surface area (Å²) in [6.07, 6.45) is 7.73. The highest BCUT2D eigenvalue weighted by Crippen LogP contribution is 2.35. The number of aromatic nitrogens is 2. The molecule has 2 atom stereocenters. The van der Waals surface area contributed by atoms with Gasteiger partial charge >= 0.3 is 0 Å². The highest BCUT2D eigenvalue weighted by molar-refractivity contribution is 5.10. The Morgan fingerprint density at radius 2 is 2.27 bits per heavy atom. The predicted molar refractivity (Wildman–Crippen MR) is 54.4 cm³/mol. The molecule has 2 heterocycles. The van der Waals surface area contributed by atoms with Crippen LogP contribution in [0.3, 0.4) is 0 Å². The van der Waals surface area contributed by atoms with Crippen LogP contribution in [0.4, 0.5) is 0 Å². The highest BCUT2D eigenvalue weighted by Gasteiger charge is 2.27. The van der Waals surface area contributed by atoms with Gasteiger partial charge in [-0.15, -0.1) is 0 Å². The average Bonchev–Trinajstić information content (AvgIpc) is 2.97. The van der Waals surface area contributed by atoms with Crippen LogP contribution in [0.5, 0.6) is 0 Å². The van der Waals surface area contributed by atoms with Crippen molar-refractivity contribution < 1.29 is 9.84 Å². The quantitative estimate of drug-likeness (QED) is 0.799. The lowest BCUT2D eigenvalue weighted by atomic mass is 10.0. The van der Waals surface area contributed by atoms with Gasteiger partial charge in [-0.3, -0.25) is 4.68 Å². The number of ether oxygens (including phenoxy) is 1. The molecule has 3 rings (SSSR count). The molecular formula is C11H16N2O2. The number of hydrogen-bond donors (Lipinski definition) is 1. The van der Waals surface area contributed by atoms with E-state index in [-0.39, 0.29) is 12.2 Å². The molecule has 0 spiro atoms. The van der Waals surface area contributed by atoms with E-state index in [0.717, 1.165) is 12.0 Å². The Balaban J connectivity index is 1.73. The van der Waals surface area contributed by atoms with Gasteiger partial charge in [0.05, 0.1) is 24.4 Å². The van der Waals surface area contributed by atoms with Crippen molar-refractivity contribution in [2.24, 2.45) is 0 Å². The molecule has 2 aliphatic rings. The summed E-state index contributed by atoms with van der Waals surface area (Å²) in [4.78, 5) is 0. The van der Waals surface area contributed by atoms with E-state index in [1.165, 1.54) is 12.8 Å². The molecule has 15 heavy (non-hydrogen) atoms. The van der Waals surface area contributed by atoms with Gasteiger partial charge in [-0.1, -0.05) is 0 Å². The minimum atomic E-state index is -0.215. The van der Waals surface area contributed by atoms with Gasteiger partial charge in [-0.05, 0) is 19.3 Å². The van der Waals surface area contributed by atoms with E-state index in [2.05, 4.69) is 11.3 Å². The lowest BCUT2D eigenvalue weighted by Crippen LogP contribution is -2.23. The van der Waals surface area contributed by atoms with Crippen molar-refractivity contribution in [3.05, 3.63) is 18.0 Å². The number of hydrogen-bond acceptors (Lipinski definition) is 3. The molecule has 1 N–H and O–H groups in total. The van der Waals surface area contributed by atoms with Crippen molar-refractivity contribution in [1.82, 2.24) is 9.78 Å². The molecule has 1 saturated carbocycles. The minimum Gasteiger partial charge on any atom is -0.393 e. The van der Waals surface area contributed by atoms with Gasteiger partial charge in [-0.2, -0.15) is 5.10 Å². The lowest BCUT2D eigenvalue weighted by molar-refractivity contribution is -0.0448. The van der Waals surface area contributed by atoms with Crippen LogP contribution in [-0.2, 0) is 4.74 Å². The Bertz CT molecular complexity index is 346. The van der Waals surface area contributed by atoms with E-state index in [9.17, 15) is 5.11 Å². The molecular weight excluding hydrogens is 192 g/mol. The van der Waals surface area contributed by atoms with E-state index in [1.54, 1.807) is 0 Å². The van der Waals surface area contributed by atoms with Crippen LogP contribution < -0.4 is 0 Å². The molecule has 82 valence electrons. The Kier molecular flexibility index (Phi) is 2.25. The van der Waals surface area contributed by atoms with Gasteiger partial charge in [0.25, 0.3) is 0 Å². The van der Waals surface area contributed by atoms with Crippen LogP contribution in [0, 0.1) is 0 Å². The van der Waals surface area contributed by atoms with E-state index >= 15 is 0 Å². The van der Waals surface area contributed by atoms with Gasteiger partial charge in [0.2, 0.25) is 0 Å². The maximum atomic E-state index is 9.56. The fourth-order valence-electron chi connectivity index (χ4n) is 2.07. The summed E-state index contributed by atoms with van der Waals surface area (Å²) < 4.78 is 7.66. The fourth-order valence-corrected chi connectivity index (χ4v) is 2.07. The molecule has 1 saturated heterocycles. The van der Waals surface area contributed by atoms with Gasteiger partial charge < -0.3 is 9.84 Å². The van der Waals surface area contributed by atoms with Crippen molar-refractivity contribution >= 4 is 0 Å². The first-order chi connectivity index (χ1) is 7.33. The molecule has 0 radical (unpaired) electrons. The second-order valence-corrected chi connectivity index (χ2v) is 4.52. The van der Waals surface area contributed by atoms with Crippen LogP contribution >= 0.6 is 0 Å². The molecule has 1 aliphatic heterocycles. The molecule has 0 aromatic carbocycles. The zero-order chi connectivity index (χ0) is 10.3. The Hall–Kier alpha value is -0.870. The van der Waals surface area contributed by atoms with E-state index in [4.69, 9.17) is 4.74 Å². The fraction of sp³-hybridized carbons (Fsp3) is 0.727. The summed E-state index contributed by atoms with van der Waals surface area (Å²) >= 11 is 0. The summed E-state index contributed by atoms with van der Waals surface area (Å²) in [6.45, 7) is 0.653. The van der Waals surface area contributed by atoms with Crippen LogP contribution in [0.25, 0.3) is 0 Å². The molecule has 1 aliphatic carbocycles. The molecule has 0 bridgehead atoms. The minimum absolute atomic E-state index is 0.0428. The summed E-state index contributed by atoms with van der Waals surface area (Å²) in [6, 6.07) is 0.618. The largest absolute Gasteiger partial charge is 0.393 e. The standard InChI is InChI=1S/C11H16N2O2/c14-10-3-4-15-11(5-10)8-6-12-13(7-8)9-1-2-9/h6-7,9-11,14H,1-5H2/t10-,11+/m0/s1. The molecule has 4 nitrogen and oxygen atoms in total. The summed E-state index contributed by atoms with van der Waals surface area (Å²) in [5.74, 6) is 0. The summed E-state index contributed by atoms with van der Waals surface area (Å²) in [7, 11) is 0. The van der Waals surface area contributed by atoms with E-state index < -0.39 is 0 Å². The Labute approximate surface area is 88.9 Å². The average molecular weight is 208 g/mol. The van der Waals surface area contributed by atoms with E-state index in [1.807, 2.05) is 10.9 Å². The van der Waals surface area contributed by atoms with Crippen LogP contribution in [0.15, 0.2) is 12.4 Å². The topological polar surface area (TPSA) is 47.3 Å². The monoisotopic (exact) mass is 208 g/mol. The van der Waals surface area contributed by atoms with Crippen molar-refractivity contribution in [2.75, 3.05) is 6.61 Å². The second kappa shape index (κ2) is 3.61. The number of rotatable bonds is 2. The smallest absolute Gasteiger partial charge is 0.0880 e. The van der Waals surface area contributed by atoms with Crippen molar-refractivity contribution in [3.63, 3.8) is 0 Å². The first kappa shape index (κ1) is 9.36. The normalized spacial score (nSPS) is 31.8. The van der Waals surface area contributed by atoms with Gasteiger partial charge in [0.1, 0.15) is 0 Å². The predicted octanol–water partition coefficient (Wildman–Crippen LogP) is 1.43. The van der Waals surface area contributed by atoms with Crippen molar-refractivity contribution in [1.29, 1.82) is 0 Å². The molecule has 1 aromatic heterocycles. The maximum absolute atomic E-state index is 9.56. The zero-order valence-electron chi connectivity index (χ0n) is 8.67. The SMILES string of the molecule is O[C@H]1CCO[C@@H](c2cnn(C3CC3)c2)C1. The molecule has 0 unspecified atom stereocenters. The summed E-state index contributed by atoms with van der Waals surface area (Å²) in [5.41, 5.74) is 1.11. The zero-order valence-corrected chi connectivity index (χ0v) is 8.67. The van der Waals surface area contributed by atoms with Gasteiger partial charge in [-0.25, -0.2) is 0 Å². The number of aliphatic hydroxyl groups is 1. The third kappa shape index (κ3) is 1.92. The Morgan fingerprint density at radius 3 is 3.00 bits per heavy atom. The van der Waals surface area contributed by atoms with Crippen molar-refractivity contribution in [3.8, 4) is 0 Å². The van der Waals surface area contributed by atoms with Crippen LogP contribution in [0.1, 0.15) is 43.4 Å². The lowest BCUT2D eigenvalue weighted by Gasteiger charge is -2.25. The molecule has 2 fully saturated rings. The Morgan fingerprint density at radius 1 is 1.40 bits per heavy atom. The third-order valence-electron chi connectivity index (χ3n) is 3.17. The first-order valence-corrected chi connectivity index (χ1v) is 5.66. The van der Waals surface area contributed by atoms with E-state index in [0.29, 0.717) is 19.1 Å². The summed E-state index contributed by atoms with van der Waals surface area (Å²) in [5, 5.41) is 13.9. The van der Waals surface area contributed by atoms with Crippen molar-refractivity contribution in [2.45, 2.75) is 43.9 Å². The second-order valence-electron chi connectivity index (χ2n) is 4.52. The number of nitrogens with zero attached hydrogens (tertiary/aromatic N) is 2. The molecule has 1 aromatic rings. The highest BCUT2D eigenvalue weighted by atomic mass is 16.5. The van der Waals surface area contributed by atoms with Gasteiger partial charge in [0.15, 0.2) is 0 Å². The number of aliphatic hydroxyl groups excluding tert-OH is 1. The molecule has 0 amide bonds. The first-order valence-electron chi connectivity index (χ1n) is 5.66. The van der Waals surface area contributed by atoms with Crippen LogP contribution in [0.2, 0.25) is 0 Å². The third-order valence-corrected chi connectivity index (χ3v) is 3.17. The van der Waals surface area contributed by atoms with Gasteiger partial charge in [0, 0.05) is 24.8 Å². The maximum Gasteiger partial charge on any atom is 0.0880 e. The van der Waals surface area contributed by atoms with Crippen LogP contribution in [-0.4, -0.2) is 27.6 Å².